The third kappa shape index (κ3) is 1.82. The lowest BCUT2D eigenvalue weighted by Crippen LogP contribution is -2.29. The standard InChI is InChI=1S/C9H16N4/c1-2-13-8-9(10-11-13)12-6-4-3-5-7-12/h8H,2-7H2,1H3. The Morgan fingerprint density at radius 2 is 2.08 bits per heavy atom. The molecule has 0 aromatic carbocycles. The Morgan fingerprint density at radius 3 is 2.69 bits per heavy atom. The molecule has 1 aliphatic rings. The number of aromatic nitrogens is 3. The Labute approximate surface area is 78.5 Å². The number of hydrogen-bond acceptors (Lipinski definition) is 3. The highest BCUT2D eigenvalue weighted by atomic mass is 15.5. The first kappa shape index (κ1) is 8.53. The van der Waals surface area contributed by atoms with Gasteiger partial charge in [-0.1, -0.05) is 5.21 Å². The molecule has 0 amide bonds. The minimum absolute atomic E-state index is 0.904. The first-order valence-electron chi connectivity index (χ1n) is 5.05. The first-order valence-corrected chi connectivity index (χ1v) is 5.05. The fourth-order valence-corrected chi connectivity index (χ4v) is 1.71. The molecule has 4 heteroatoms. The highest BCUT2D eigenvalue weighted by Gasteiger charge is 2.13. The minimum Gasteiger partial charge on any atom is -0.354 e. The Balaban J connectivity index is 2.05. The van der Waals surface area contributed by atoms with E-state index in [0.29, 0.717) is 0 Å². The molecule has 1 aromatic rings. The van der Waals surface area contributed by atoms with Crippen LogP contribution in [-0.4, -0.2) is 28.1 Å². The summed E-state index contributed by atoms with van der Waals surface area (Å²) >= 11 is 0. The summed E-state index contributed by atoms with van der Waals surface area (Å²) in [7, 11) is 0. The van der Waals surface area contributed by atoms with Crippen LogP contribution in [0.3, 0.4) is 0 Å². The zero-order valence-corrected chi connectivity index (χ0v) is 8.11. The SMILES string of the molecule is CCn1cc(N2CCCCC2)nn1. The number of aryl methyl sites for hydroxylation is 1. The van der Waals surface area contributed by atoms with E-state index in [9.17, 15) is 0 Å². The molecule has 1 aromatic heterocycles. The van der Waals surface area contributed by atoms with Gasteiger partial charge in [-0.2, -0.15) is 0 Å². The van der Waals surface area contributed by atoms with E-state index in [0.717, 1.165) is 25.5 Å². The van der Waals surface area contributed by atoms with Crippen LogP contribution in [0.2, 0.25) is 0 Å². The van der Waals surface area contributed by atoms with Crippen molar-refractivity contribution in [2.75, 3.05) is 18.0 Å². The molecule has 1 fully saturated rings. The fraction of sp³-hybridized carbons (Fsp3) is 0.778. The van der Waals surface area contributed by atoms with E-state index in [2.05, 4.69) is 22.1 Å². The molecule has 0 N–H and O–H groups in total. The van der Waals surface area contributed by atoms with Gasteiger partial charge in [-0.25, -0.2) is 0 Å². The van der Waals surface area contributed by atoms with E-state index in [4.69, 9.17) is 0 Å². The molecule has 2 heterocycles. The Morgan fingerprint density at radius 1 is 1.31 bits per heavy atom. The number of nitrogens with zero attached hydrogens (tertiary/aromatic N) is 4. The highest BCUT2D eigenvalue weighted by molar-refractivity contribution is 5.34. The molecule has 0 aliphatic carbocycles. The van der Waals surface area contributed by atoms with Gasteiger partial charge in [0.25, 0.3) is 0 Å². The molecule has 0 radical (unpaired) electrons. The molecule has 1 aliphatic heterocycles. The van der Waals surface area contributed by atoms with E-state index < -0.39 is 0 Å². The van der Waals surface area contributed by atoms with Crippen molar-refractivity contribution in [2.45, 2.75) is 32.7 Å². The van der Waals surface area contributed by atoms with Crippen LogP contribution < -0.4 is 4.90 Å². The van der Waals surface area contributed by atoms with Crippen LogP contribution in [0.15, 0.2) is 6.20 Å². The van der Waals surface area contributed by atoms with Crippen LogP contribution in [0.1, 0.15) is 26.2 Å². The largest absolute Gasteiger partial charge is 0.354 e. The van der Waals surface area contributed by atoms with E-state index in [1.807, 2.05) is 10.9 Å². The summed E-state index contributed by atoms with van der Waals surface area (Å²) in [5.41, 5.74) is 0. The van der Waals surface area contributed by atoms with Gasteiger partial charge in [0.2, 0.25) is 0 Å². The lowest BCUT2D eigenvalue weighted by molar-refractivity contribution is 0.573. The van der Waals surface area contributed by atoms with Gasteiger partial charge in [0.15, 0.2) is 5.82 Å². The molecule has 0 unspecified atom stereocenters. The van der Waals surface area contributed by atoms with Gasteiger partial charge < -0.3 is 4.90 Å². The molecule has 4 nitrogen and oxygen atoms in total. The predicted molar refractivity (Wildman–Crippen MR) is 51.8 cm³/mol. The van der Waals surface area contributed by atoms with E-state index in [-0.39, 0.29) is 0 Å². The van der Waals surface area contributed by atoms with Crippen molar-refractivity contribution < 1.29 is 0 Å². The average molecular weight is 180 g/mol. The summed E-state index contributed by atoms with van der Waals surface area (Å²) in [6.07, 6.45) is 5.97. The number of piperidine rings is 1. The monoisotopic (exact) mass is 180 g/mol. The minimum atomic E-state index is 0.904. The Bertz CT molecular complexity index is 262. The molecule has 0 saturated carbocycles. The number of rotatable bonds is 2. The van der Waals surface area contributed by atoms with Gasteiger partial charge >= 0.3 is 0 Å². The molecule has 0 atom stereocenters. The third-order valence-electron chi connectivity index (χ3n) is 2.53. The van der Waals surface area contributed by atoms with Crippen molar-refractivity contribution in [3.05, 3.63) is 6.20 Å². The second-order valence-corrected chi connectivity index (χ2v) is 3.48. The van der Waals surface area contributed by atoms with Crippen LogP contribution in [0.25, 0.3) is 0 Å². The number of anilines is 1. The summed E-state index contributed by atoms with van der Waals surface area (Å²) < 4.78 is 1.88. The van der Waals surface area contributed by atoms with Crippen molar-refractivity contribution in [1.29, 1.82) is 0 Å². The van der Waals surface area contributed by atoms with Crippen LogP contribution in [0.4, 0.5) is 5.82 Å². The smallest absolute Gasteiger partial charge is 0.171 e. The Kier molecular flexibility index (Phi) is 2.47. The van der Waals surface area contributed by atoms with Gasteiger partial charge in [0.1, 0.15) is 0 Å². The molecule has 0 bridgehead atoms. The molecule has 0 spiro atoms. The van der Waals surface area contributed by atoms with Crippen LogP contribution >= 0.6 is 0 Å². The quantitative estimate of drug-likeness (QED) is 0.687. The summed E-state index contributed by atoms with van der Waals surface area (Å²) in [6, 6.07) is 0. The molecule has 13 heavy (non-hydrogen) atoms. The van der Waals surface area contributed by atoms with Crippen LogP contribution in [0.5, 0.6) is 0 Å². The second kappa shape index (κ2) is 3.77. The molecule has 72 valence electrons. The van der Waals surface area contributed by atoms with Crippen molar-refractivity contribution >= 4 is 5.82 Å². The lowest BCUT2D eigenvalue weighted by atomic mass is 10.1. The first-order chi connectivity index (χ1) is 6.40. The van der Waals surface area contributed by atoms with Crippen molar-refractivity contribution in [3.63, 3.8) is 0 Å². The summed E-state index contributed by atoms with van der Waals surface area (Å²) in [6.45, 7) is 5.26. The maximum atomic E-state index is 4.15. The lowest BCUT2D eigenvalue weighted by Gasteiger charge is -2.25. The molecule has 2 rings (SSSR count). The molecule has 1 saturated heterocycles. The van der Waals surface area contributed by atoms with Crippen LogP contribution in [-0.2, 0) is 6.54 Å². The van der Waals surface area contributed by atoms with Gasteiger partial charge in [-0.05, 0) is 26.2 Å². The topological polar surface area (TPSA) is 34.0 Å². The van der Waals surface area contributed by atoms with Gasteiger partial charge in [-0.15, -0.1) is 5.10 Å². The van der Waals surface area contributed by atoms with E-state index in [1.54, 1.807) is 0 Å². The molecular weight excluding hydrogens is 164 g/mol. The van der Waals surface area contributed by atoms with Crippen molar-refractivity contribution in [1.82, 2.24) is 15.0 Å². The van der Waals surface area contributed by atoms with Gasteiger partial charge in [0.05, 0.1) is 6.20 Å². The zero-order valence-electron chi connectivity index (χ0n) is 8.11. The third-order valence-corrected chi connectivity index (χ3v) is 2.53. The maximum absolute atomic E-state index is 4.15. The predicted octanol–water partition coefficient (Wildman–Crippen LogP) is 1.29. The van der Waals surface area contributed by atoms with E-state index >= 15 is 0 Å². The summed E-state index contributed by atoms with van der Waals surface area (Å²) in [5.74, 6) is 1.04. The van der Waals surface area contributed by atoms with Crippen LogP contribution in [0, 0.1) is 0 Å². The fourth-order valence-electron chi connectivity index (χ4n) is 1.71. The van der Waals surface area contributed by atoms with Gasteiger partial charge in [0, 0.05) is 19.6 Å². The summed E-state index contributed by atoms with van der Waals surface area (Å²) in [5, 5.41) is 8.18. The van der Waals surface area contributed by atoms with Gasteiger partial charge in [-0.3, -0.25) is 4.68 Å². The average Bonchev–Trinajstić information content (AvgIpc) is 2.67. The second-order valence-electron chi connectivity index (χ2n) is 3.48. The van der Waals surface area contributed by atoms with Crippen molar-refractivity contribution in [2.24, 2.45) is 0 Å². The number of hydrogen-bond donors (Lipinski definition) is 0. The van der Waals surface area contributed by atoms with Crippen molar-refractivity contribution in [3.8, 4) is 0 Å². The normalized spacial score (nSPS) is 17.8. The van der Waals surface area contributed by atoms with E-state index in [1.165, 1.54) is 19.3 Å². The Hall–Kier alpha value is -1.06. The maximum Gasteiger partial charge on any atom is 0.171 e. The highest BCUT2D eigenvalue weighted by Crippen LogP contribution is 2.15. The zero-order chi connectivity index (χ0) is 9.10. The summed E-state index contributed by atoms with van der Waals surface area (Å²) in [4.78, 5) is 2.32. The molecular formula is C9H16N4.